The smallest absolute Gasteiger partial charge is 0.166 e. The van der Waals surface area contributed by atoms with E-state index in [1.807, 2.05) is 6.07 Å². The number of nitrogens with one attached hydrogen (secondary N) is 1. The van der Waals surface area contributed by atoms with Gasteiger partial charge in [0.25, 0.3) is 0 Å². The number of nitrogens with zero attached hydrogens (tertiary/aromatic N) is 4. The first-order chi connectivity index (χ1) is 14.1. The maximum absolute atomic E-state index is 13.5. The van der Waals surface area contributed by atoms with Crippen molar-refractivity contribution in [3.8, 4) is 27.9 Å². The molecule has 1 aromatic carbocycles. The monoisotopic (exact) mass is 449 g/mol. The molecule has 9 heteroatoms. The highest BCUT2D eigenvalue weighted by molar-refractivity contribution is 7.20. The minimum Gasteiger partial charge on any atom is -0.362 e. The van der Waals surface area contributed by atoms with E-state index in [9.17, 15) is 9.65 Å². The van der Waals surface area contributed by atoms with Gasteiger partial charge in [-0.2, -0.15) is 10.4 Å². The predicted molar refractivity (Wildman–Crippen MR) is 115 cm³/mol. The summed E-state index contributed by atoms with van der Waals surface area (Å²) < 4.78 is 13.5. The molecule has 1 aliphatic heterocycles. The van der Waals surface area contributed by atoms with E-state index in [1.54, 1.807) is 12.1 Å². The summed E-state index contributed by atoms with van der Waals surface area (Å²) in [5.41, 5.74) is 1.93. The van der Waals surface area contributed by atoms with Gasteiger partial charge in [0.2, 0.25) is 0 Å². The average Bonchev–Trinajstić information content (AvgIpc) is 3.30. The molecule has 4 rings (SSSR count). The number of hydrogen-bond acceptors (Lipinski definition) is 5. The second-order valence-electron chi connectivity index (χ2n) is 7.02. The van der Waals surface area contributed by atoms with Gasteiger partial charge in [-0.05, 0) is 25.0 Å². The van der Waals surface area contributed by atoms with Gasteiger partial charge < -0.3 is 4.90 Å². The Hall–Kier alpha value is -2.14. The van der Waals surface area contributed by atoms with Gasteiger partial charge in [0.15, 0.2) is 5.82 Å². The molecule has 2 aromatic heterocycles. The number of H-pyrrole nitrogens is 1. The molecule has 3 heterocycles. The first-order valence-corrected chi connectivity index (χ1v) is 10.9. The number of rotatable bonds is 4. The highest BCUT2D eigenvalue weighted by Gasteiger charge is 2.28. The number of aromatic amines is 1. The summed E-state index contributed by atoms with van der Waals surface area (Å²) in [6.07, 6.45) is 4.25. The average molecular weight is 450 g/mol. The van der Waals surface area contributed by atoms with E-state index in [0.717, 1.165) is 35.7 Å². The lowest BCUT2D eigenvalue weighted by atomic mass is 10.0. The van der Waals surface area contributed by atoms with Crippen LogP contribution in [-0.4, -0.2) is 34.9 Å². The molecule has 0 saturated carbocycles. The van der Waals surface area contributed by atoms with Crippen LogP contribution < -0.4 is 4.90 Å². The zero-order chi connectivity index (χ0) is 20.4. The second kappa shape index (κ2) is 8.70. The topological polar surface area (TPSA) is 68.6 Å². The molecule has 0 aliphatic carbocycles. The van der Waals surface area contributed by atoms with Crippen LogP contribution in [0.25, 0.3) is 21.8 Å². The van der Waals surface area contributed by atoms with Gasteiger partial charge in [0.1, 0.15) is 17.4 Å². The molecule has 0 spiro atoms. The molecular weight excluding hydrogens is 432 g/mol. The quantitative estimate of drug-likeness (QED) is 0.533. The lowest BCUT2D eigenvalue weighted by Gasteiger charge is -2.24. The standard InChI is InChI=1S/C20H18Cl2FN5S/c21-13-4-5-14(16(22)7-13)17-15(9-24)20(29-18(17)19-25-11-26-27-19)28-6-2-1-3-12(8-23)10-28/h4-5,7,11-12H,1-3,6,8,10H2,(H,25,26,27)/t12-/m1/s1. The van der Waals surface area contributed by atoms with Crippen molar-refractivity contribution < 1.29 is 4.39 Å². The van der Waals surface area contributed by atoms with E-state index in [2.05, 4.69) is 26.2 Å². The fraction of sp³-hybridized carbons (Fsp3) is 0.350. The van der Waals surface area contributed by atoms with Crippen LogP contribution >= 0.6 is 34.5 Å². The van der Waals surface area contributed by atoms with Gasteiger partial charge >= 0.3 is 0 Å². The highest BCUT2D eigenvalue weighted by Crippen LogP contribution is 2.48. The molecule has 0 bridgehead atoms. The van der Waals surface area contributed by atoms with Crippen LogP contribution in [0.4, 0.5) is 9.39 Å². The van der Waals surface area contributed by atoms with Crippen molar-refractivity contribution in [2.45, 2.75) is 19.3 Å². The Morgan fingerprint density at radius 3 is 2.90 bits per heavy atom. The molecule has 0 amide bonds. The Bertz CT molecular complexity index is 1040. The third-order valence-corrected chi connectivity index (χ3v) is 6.91. The van der Waals surface area contributed by atoms with E-state index in [4.69, 9.17) is 23.2 Å². The molecule has 0 radical (unpaired) electrons. The van der Waals surface area contributed by atoms with Crippen LogP contribution in [0.3, 0.4) is 0 Å². The summed E-state index contributed by atoms with van der Waals surface area (Å²) in [5, 5.41) is 18.7. The molecular formula is C20H18Cl2FN5S. The summed E-state index contributed by atoms with van der Waals surface area (Å²) in [6.45, 7) is 1.03. The number of aromatic nitrogens is 3. The summed E-state index contributed by atoms with van der Waals surface area (Å²) in [7, 11) is 0. The van der Waals surface area contributed by atoms with Crippen LogP contribution in [0.2, 0.25) is 10.0 Å². The second-order valence-corrected chi connectivity index (χ2v) is 8.86. The van der Waals surface area contributed by atoms with Gasteiger partial charge in [-0.15, -0.1) is 11.3 Å². The number of alkyl halides is 1. The van der Waals surface area contributed by atoms with Crippen molar-refractivity contribution in [1.82, 2.24) is 15.2 Å². The van der Waals surface area contributed by atoms with E-state index in [0.29, 0.717) is 39.1 Å². The first-order valence-electron chi connectivity index (χ1n) is 9.31. The molecule has 1 saturated heterocycles. The molecule has 3 aromatic rings. The minimum atomic E-state index is -0.353. The Labute approximate surface area is 182 Å². The van der Waals surface area contributed by atoms with E-state index < -0.39 is 0 Å². The summed E-state index contributed by atoms with van der Waals surface area (Å²) in [6, 6.07) is 7.57. The molecule has 5 nitrogen and oxygen atoms in total. The van der Waals surface area contributed by atoms with Crippen LogP contribution in [0.15, 0.2) is 24.5 Å². The van der Waals surface area contributed by atoms with E-state index in [1.165, 1.54) is 17.7 Å². The number of nitriles is 1. The van der Waals surface area contributed by atoms with Crippen LogP contribution in [0.5, 0.6) is 0 Å². The van der Waals surface area contributed by atoms with Crippen LogP contribution in [0, 0.1) is 17.2 Å². The molecule has 0 unspecified atom stereocenters. The normalized spacial score (nSPS) is 17.2. The third kappa shape index (κ3) is 3.97. The zero-order valence-corrected chi connectivity index (χ0v) is 17.8. The molecule has 1 atom stereocenters. The lowest BCUT2D eigenvalue weighted by Crippen LogP contribution is -2.28. The predicted octanol–water partition coefficient (Wildman–Crippen LogP) is 5.95. The van der Waals surface area contributed by atoms with Crippen molar-refractivity contribution in [1.29, 1.82) is 5.26 Å². The largest absolute Gasteiger partial charge is 0.362 e. The Balaban J connectivity index is 1.91. The number of anilines is 1. The molecule has 29 heavy (non-hydrogen) atoms. The Morgan fingerprint density at radius 1 is 1.34 bits per heavy atom. The van der Waals surface area contributed by atoms with Crippen molar-refractivity contribution in [2.75, 3.05) is 24.7 Å². The van der Waals surface area contributed by atoms with Gasteiger partial charge in [-0.25, -0.2) is 4.98 Å². The van der Waals surface area contributed by atoms with Gasteiger partial charge in [0.05, 0.1) is 17.1 Å². The van der Waals surface area contributed by atoms with Crippen molar-refractivity contribution in [2.24, 2.45) is 5.92 Å². The molecule has 1 aliphatic rings. The Morgan fingerprint density at radius 2 is 2.21 bits per heavy atom. The molecule has 150 valence electrons. The fourth-order valence-electron chi connectivity index (χ4n) is 3.72. The number of hydrogen-bond donors (Lipinski definition) is 1. The van der Waals surface area contributed by atoms with E-state index in [-0.39, 0.29) is 12.6 Å². The third-order valence-electron chi connectivity index (χ3n) is 5.11. The minimum absolute atomic E-state index is 0.0255. The summed E-state index contributed by atoms with van der Waals surface area (Å²) in [5.74, 6) is 0.540. The number of halogens is 3. The lowest BCUT2D eigenvalue weighted by molar-refractivity contribution is 0.351. The molecule has 1 fully saturated rings. The van der Waals surface area contributed by atoms with Crippen LogP contribution in [-0.2, 0) is 0 Å². The molecule has 1 N–H and O–H groups in total. The van der Waals surface area contributed by atoms with Crippen LogP contribution in [0.1, 0.15) is 24.8 Å². The van der Waals surface area contributed by atoms with Crippen molar-refractivity contribution in [3.63, 3.8) is 0 Å². The summed E-state index contributed by atoms with van der Waals surface area (Å²) >= 11 is 14.0. The van der Waals surface area contributed by atoms with Gasteiger partial charge in [-0.1, -0.05) is 35.7 Å². The Kier molecular flexibility index (Phi) is 6.04. The van der Waals surface area contributed by atoms with Gasteiger partial charge in [-0.3, -0.25) is 9.49 Å². The van der Waals surface area contributed by atoms with Crippen molar-refractivity contribution >= 4 is 39.5 Å². The zero-order valence-electron chi connectivity index (χ0n) is 15.5. The number of thiophene rings is 1. The highest BCUT2D eigenvalue weighted by atomic mass is 35.5. The fourth-order valence-corrected chi connectivity index (χ4v) is 5.47. The maximum Gasteiger partial charge on any atom is 0.166 e. The van der Waals surface area contributed by atoms with Gasteiger partial charge in [0, 0.05) is 40.2 Å². The number of benzene rings is 1. The SMILES string of the molecule is N#Cc1c(N2CCCC[C@H](CF)C2)sc(-c2ncn[nH]2)c1-c1ccc(Cl)cc1Cl. The maximum atomic E-state index is 13.5. The van der Waals surface area contributed by atoms with Crippen molar-refractivity contribution in [3.05, 3.63) is 40.1 Å². The first kappa shape index (κ1) is 20.1. The summed E-state index contributed by atoms with van der Waals surface area (Å²) in [4.78, 5) is 7.20. The van der Waals surface area contributed by atoms with E-state index >= 15 is 0 Å².